The first-order valence-corrected chi connectivity index (χ1v) is 16.5. The molecule has 0 saturated carbocycles. The van der Waals surface area contributed by atoms with E-state index in [0.29, 0.717) is 42.7 Å². The van der Waals surface area contributed by atoms with Crippen molar-refractivity contribution in [1.82, 2.24) is 24.2 Å². The van der Waals surface area contributed by atoms with E-state index in [1.165, 1.54) is 6.07 Å². The maximum atomic E-state index is 14.1. The minimum Gasteiger partial charge on any atom is -0.473 e. The molecule has 2 aromatic heterocycles. The van der Waals surface area contributed by atoms with E-state index in [4.69, 9.17) is 26.1 Å². The van der Waals surface area contributed by atoms with Crippen LogP contribution in [0, 0.1) is 5.82 Å². The van der Waals surface area contributed by atoms with E-state index in [1.807, 2.05) is 16.9 Å². The zero-order valence-electron chi connectivity index (χ0n) is 24.0. The molecule has 0 radical (unpaired) electrons. The number of hydrogen-bond acceptors (Lipinski definition) is 8. The summed E-state index contributed by atoms with van der Waals surface area (Å²) in [7, 11) is -3.69. The summed E-state index contributed by atoms with van der Waals surface area (Å²) < 4.78 is 52.9. The number of rotatable bonds is 10. The molecule has 2 aromatic carbocycles. The summed E-state index contributed by atoms with van der Waals surface area (Å²) in [5.74, 6) is 0.153. The van der Waals surface area contributed by atoms with Crippen LogP contribution in [0.5, 0.6) is 5.88 Å². The predicted molar refractivity (Wildman–Crippen MR) is 164 cm³/mol. The Labute approximate surface area is 259 Å². The molecular formula is C31H31ClFN5O5S. The lowest BCUT2D eigenvalue weighted by Crippen LogP contribution is -2.33. The third kappa shape index (κ3) is 7.10. The van der Waals surface area contributed by atoms with Gasteiger partial charge in [-0.3, -0.25) is 9.69 Å². The highest BCUT2D eigenvalue weighted by atomic mass is 35.5. The van der Waals surface area contributed by atoms with Gasteiger partial charge >= 0.3 is 0 Å². The fourth-order valence-electron chi connectivity index (χ4n) is 5.25. The summed E-state index contributed by atoms with van der Waals surface area (Å²) in [6.45, 7) is 3.40. The van der Waals surface area contributed by atoms with Crippen LogP contribution in [0.4, 0.5) is 4.39 Å². The monoisotopic (exact) mass is 639 g/mol. The Morgan fingerprint density at radius 2 is 2.02 bits per heavy atom. The maximum absolute atomic E-state index is 14.1. The maximum Gasteiger partial charge on any atom is 0.264 e. The molecule has 0 spiro atoms. The molecular weight excluding hydrogens is 609 g/mol. The second kappa shape index (κ2) is 12.6. The molecule has 2 aliphatic rings. The molecule has 13 heteroatoms. The average molecular weight is 640 g/mol. The molecule has 1 atom stereocenters. The zero-order chi connectivity index (χ0) is 30.8. The normalized spacial score (nSPS) is 17.2. The Balaban J connectivity index is 1.16. The molecule has 0 aliphatic carbocycles. The standard InChI is InChI=1S/C31H31ClFN5O5S/c1-44(40,41)36-31(39)21-6-8-27-28(15-21)38(17-24-11-14-42-24)29(34-27)18-37-12-9-20(10-13-37)26-3-2-4-30(35-26)43-19-22-5-7-23(32)16-25(22)33/h2-9,15-16,24H,10-14,17-19H2,1H3,(H,36,39). The van der Waals surface area contributed by atoms with Crippen LogP contribution < -0.4 is 9.46 Å². The highest BCUT2D eigenvalue weighted by Crippen LogP contribution is 2.27. The number of sulfonamides is 1. The van der Waals surface area contributed by atoms with Crippen LogP contribution in [0.2, 0.25) is 5.02 Å². The number of nitrogens with zero attached hydrogens (tertiary/aromatic N) is 4. The predicted octanol–water partition coefficient (Wildman–Crippen LogP) is 4.57. The van der Waals surface area contributed by atoms with Gasteiger partial charge in [0.2, 0.25) is 15.9 Å². The Kier molecular flexibility index (Phi) is 8.68. The van der Waals surface area contributed by atoms with E-state index < -0.39 is 21.7 Å². The van der Waals surface area contributed by atoms with Crippen molar-refractivity contribution in [2.75, 3.05) is 26.0 Å². The number of ether oxygens (including phenoxy) is 2. The van der Waals surface area contributed by atoms with Crippen molar-refractivity contribution < 1.29 is 27.1 Å². The number of nitrogens with one attached hydrogen (secondary N) is 1. The summed E-state index contributed by atoms with van der Waals surface area (Å²) >= 11 is 5.84. The fourth-order valence-corrected chi connectivity index (χ4v) is 5.86. The third-order valence-electron chi connectivity index (χ3n) is 7.65. The van der Waals surface area contributed by atoms with Crippen LogP contribution in [-0.4, -0.2) is 65.8 Å². The van der Waals surface area contributed by atoms with Gasteiger partial charge in [-0.25, -0.2) is 27.5 Å². The molecule has 4 heterocycles. The van der Waals surface area contributed by atoms with Crippen LogP contribution in [0.25, 0.3) is 16.6 Å². The number of hydrogen-bond donors (Lipinski definition) is 1. The van der Waals surface area contributed by atoms with Crippen molar-refractivity contribution in [2.45, 2.75) is 38.6 Å². The number of fused-ring (bicyclic) bond motifs is 1. The van der Waals surface area contributed by atoms with Crippen LogP contribution in [0.3, 0.4) is 0 Å². The van der Waals surface area contributed by atoms with Crippen LogP contribution in [0.15, 0.2) is 60.7 Å². The Bertz CT molecular complexity index is 1860. The summed E-state index contributed by atoms with van der Waals surface area (Å²) in [5, 5.41) is 0.333. The number of amides is 1. The summed E-state index contributed by atoms with van der Waals surface area (Å²) in [5.41, 5.74) is 4.03. The Morgan fingerprint density at radius 3 is 2.73 bits per heavy atom. The third-order valence-corrected chi connectivity index (χ3v) is 8.44. The number of pyridine rings is 1. The zero-order valence-corrected chi connectivity index (χ0v) is 25.6. The van der Waals surface area contributed by atoms with Gasteiger partial charge in [-0.15, -0.1) is 0 Å². The lowest BCUT2D eigenvalue weighted by atomic mass is 10.0. The lowest BCUT2D eigenvalue weighted by molar-refractivity contribution is -0.0591. The van der Waals surface area contributed by atoms with Crippen LogP contribution in [0.1, 0.15) is 40.3 Å². The number of imidazole rings is 1. The van der Waals surface area contributed by atoms with Crippen molar-refractivity contribution in [2.24, 2.45) is 0 Å². The molecule has 0 bridgehead atoms. The molecule has 1 amide bonds. The van der Waals surface area contributed by atoms with Gasteiger partial charge in [-0.1, -0.05) is 29.8 Å². The molecule has 10 nitrogen and oxygen atoms in total. The second-order valence-corrected chi connectivity index (χ2v) is 13.1. The van der Waals surface area contributed by atoms with Gasteiger partial charge in [-0.2, -0.15) is 0 Å². The number of halogens is 2. The topological polar surface area (TPSA) is 116 Å². The second-order valence-electron chi connectivity index (χ2n) is 10.9. The molecule has 1 saturated heterocycles. The minimum atomic E-state index is -3.69. The molecule has 44 heavy (non-hydrogen) atoms. The Hall–Kier alpha value is -3.84. The van der Waals surface area contributed by atoms with Gasteiger partial charge in [0.25, 0.3) is 5.91 Å². The van der Waals surface area contributed by atoms with E-state index in [1.54, 1.807) is 36.4 Å². The highest BCUT2D eigenvalue weighted by molar-refractivity contribution is 7.89. The quantitative estimate of drug-likeness (QED) is 0.268. The van der Waals surface area contributed by atoms with Crippen molar-refractivity contribution in [3.05, 3.63) is 94.2 Å². The van der Waals surface area contributed by atoms with Gasteiger partial charge in [-0.05, 0) is 54.8 Å². The van der Waals surface area contributed by atoms with E-state index in [0.717, 1.165) is 53.8 Å². The molecule has 4 aromatic rings. The molecule has 230 valence electrons. The van der Waals surface area contributed by atoms with E-state index >= 15 is 0 Å². The number of carbonyl (C=O) groups excluding carboxylic acids is 1. The van der Waals surface area contributed by atoms with Crippen molar-refractivity contribution in [1.29, 1.82) is 0 Å². The lowest BCUT2D eigenvalue weighted by Gasteiger charge is -2.29. The molecule has 2 aliphatic heterocycles. The molecule has 1 fully saturated rings. The number of benzene rings is 2. The van der Waals surface area contributed by atoms with Crippen molar-refractivity contribution >= 4 is 44.1 Å². The largest absolute Gasteiger partial charge is 0.473 e. The van der Waals surface area contributed by atoms with Crippen LogP contribution in [-0.2, 0) is 34.5 Å². The van der Waals surface area contributed by atoms with Gasteiger partial charge in [0, 0.05) is 41.9 Å². The number of carbonyl (C=O) groups is 1. The van der Waals surface area contributed by atoms with Gasteiger partial charge < -0.3 is 14.0 Å². The van der Waals surface area contributed by atoms with Gasteiger partial charge in [0.1, 0.15) is 18.2 Å². The summed E-state index contributed by atoms with van der Waals surface area (Å²) in [4.78, 5) is 24.3. The first-order valence-electron chi connectivity index (χ1n) is 14.2. The van der Waals surface area contributed by atoms with Gasteiger partial charge in [0.15, 0.2) is 0 Å². The minimum absolute atomic E-state index is 0.0447. The van der Waals surface area contributed by atoms with E-state index in [2.05, 4.69) is 20.5 Å². The highest BCUT2D eigenvalue weighted by Gasteiger charge is 2.24. The first-order chi connectivity index (χ1) is 21.1. The SMILES string of the molecule is CS(=O)(=O)NC(=O)c1ccc2nc(CN3CC=C(c4cccc(OCc5ccc(Cl)cc5F)n4)CC3)n(CC3CCO3)c2c1. The van der Waals surface area contributed by atoms with E-state index in [9.17, 15) is 17.6 Å². The fraction of sp³-hybridized carbons (Fsp3) is 0.323. The van der Waals surface area contributed by atoms with Gasteiger partial charge in [0.05, 0.1) is 42.2 Å². The molecule has 1 N–H and O–H groups in total. The van der Waals surface area contributed by atoms with Crippen molar-refractivity contribution in [3.8, 4) is 5.88 Å². The van der Waals surface area contributed by atoms with Crippen LogP contribution >= 0.6 is 11.6 Å². The smallest absolute Gasteiger partial charge is 0.264 e. The number of aromatic nitrogens is 3. The molecule has 1 unspecified atom stereocenters. The summed E-state index contributed by atoms with van der Waals surface area (Å²) in [6, 6.07) is 15.0. The van der Waals surface area contributed by atoms with Crippen molar-refractivity contribution in [3.63, 3.8) is 0 Å². The van der Waals surface area contributed by atoms with E-state index in [-0.39, 0.29) is 18.3 Å². The average Bonchev–Trinajstić information content (AvgIpc) is 3.30. The summed E-state index contributed by atoms with van der Waals surface area (Å²) in [6.07, 6.45) is 4.86. The Morgan fingerprint density at radius 1 is 1.18 bits per heavy atom. The molecule has 6 rings (SSSR count). The first kappa shape index (κ1) is 30.2.